The number of hydrogen-bond acceptors (Lipinski definition) is 4. The number of amides is 1. The Hall–Kier alpha value is -1.92. The van der Waals surface area contributed by atoms with Gasteiger partial charge < -0.3 is 18.8 Å². The first-order valence-corrected chi connectivity index (χ1v) is 6.61. The molecule has 106 valence electrons. The summed E-state index contributed by atoms with van der Waals surface area (Å²) in [6, 6.07) is 3.63. The highest BCUT2D eigenvalue weighted by atomic mass is 16.6. The summed E-state index contributed by atoms with van der Waals surface area (Å²) >= 11 is 0. The summed E-state index contributed by atoms with van der Waals surface area (Å²) in [5.74, 6) is -0.0326. The first-order valence-electron chi connectivity index (χ1n) is 6.61. The monoisotopic (exact) mass is 275 g/mol. The minimum Gasteiger partial charge on any atom is -0.376 e. The van der Waals surface area contributed by atoms with Crippen LogP contribution in [0.2, 0.25) is 0 Å². The largest absolute Gasteiger partial charge is 0.376 e. The van der Waals surface area contributed by atoms with E-state index in [1.807, 2.05) is 16.7 Å². The van der Waals surface area contributed by atoms with E-state index in [1.54, 1.807) is 30.4 Å². The van der Waals surface area contributed by atoms with Crippen LogP contribution in [-0.4, -0.2) is 59.7 Å². The highest BCUT2D eigenvalue weighted by molar-refractivity contribution is 5.94. The van der Waals surface area contributed by atoms with Crippen LogP contribution in [0, 0.1) is 0 Å². The van der Waals surface area contributed by atoms with E-state index in [2.05, 4.69) is 4.98 Å². The minimum atomic E-state index is -0.0466. The molecule has 1 unspecified atom stereocenters. The van der Waals surface area contributed by atoms with Gasteiger partial charge in [0, 0.05) is 32.2 Å². The van der Waals surface area contributed by atoms with E-state index >= 15 is 0 Å². The standard InChI is InChI=1S/C14H17N3O3/c1-16(9-12-10-19-6-7-20-12)14(18)11-2-3-13-15-4-5-17(13)8-11/h2-5,8,12H,6-7,9-10H2,1H3. The van der Waals surface area contributed by atoms with Gasteiger partial charge in [0.15, 0.2) is 0 Å². The van der Waals surface area contributed by atoms with Crippen molar-refractivity contribution in [3.8, 4) is 0 Å². The number of rotatable bonds is 3. The Morgan fingerprint density at radius 2 is 2.40 bits per heavy atom. The van der Waals surface area contributed by atoms with Gasteiger partial charge in [0.05, 0.1) is 31.5 Å². The van der Waals surface area contributed by atoms with E-state index < -0.39 is 0 Å². The van der Waals surface area contributed by atoms with Gasteiger partial charge in [0.25, 0.3) is 5.91 Å². The van der Waals surface area contributed by atoms with Gasteiger partial charge in [-0.3, -0.25) is 4.79 Å². The summed E-state index contributed by atoms with van der Waals surface area (Å²) in [5.41, 5.74) is 1.46. The highest BCUT2D eigenvalue weighted by Gasteiger charge is 2.20. The fourth-order valence-corrected chi connectivity index (χ4v) is 2.30. The average Bonchev–Trinajstić information content (AvgIpc) is 2.94. The van der Waals surface area contributed by atoms with Gasteiger partial charge in [0.2, 0.25) is 0 Å². The van der Waals surface area contributed by atoms with Gasteiger partial charge in [-0.25, -0.2) is 4.98 Å². The van der Waals surface area contributed by atoms with Crippen molar-refractivity contribution in [2.75, 3.05) is 33.4 Å². The van der Waals surface area contributed by atoms with E-state index in [9.17, 15) is 4.79 Å². The van der Waals surface area contributed by atoms with Crippen LogP contribution in [0.3, 0.4) is 0 Å². The molecular weight excluding hydrogens is 258 g/mol. The first kappa shape index (κ1) is 13.1. The Kier molecular flexibility index (Phi) is 3.66. The predicted octanol–water partition coefficient (Wildman–Crippen LogP) is 0.822. The number of nitrogens with zero attached hydrogens (tertiary/aromatic N) is 3. The van der Waals surface area contributed by atoms with Gasteiger partial charge in [-0.05, 0) is 12.1 Å². The summed E-state index contributed by atoms with van der Waals surface area (Å²) in [5, 5.41) is 0. The van der Waals surface area contributed by atoms with Crippen molar-refractivity contribution < 1.29 is 14.3 Å². The number of aromatic nitrogens is 2. The third kappa shape index (κ3) is 2.66. The zero-order valence-electron chi connectivity index (χ0n) is 11.4. The molecule has 1 fully saturated rings. The lowest BCUT2D eigenvalue weighted by Crippen LogP contribution is -2.40. The van der Waals surface area contributed by atoms with Crippen LogP contribution in [0.25, 0.3) is 5.65 Å². The minimum absolute atomic E-state index is 0.0326. The van der Waals surface area contributed by atoms with Crippen LogP contribution in [0.4, 0.5) is 0 Å². The second-order valence-corrected chi connectivity index (χ2v) is 4.86. The maximum Gasteiger partial charge on any atom is 0.255 e. The van der Waals surface area contributed by atoms with E-state index in [0.29, 0.717) is 31.9 Å². The quantitative estimate of drug-likeness (QED) is 0.832. The average molecular weight is 275 g/mol. The molecule has 3 heterocycles. The number of likely N-dealkylation sites (N-methyl/N-ethyl adjacent to an activating group) is 1. The number of carbonyl (C=O) groups excluding carboxylic acids is 1. The lowest BCUT2D eigenvalue weighted by molar-refractivity contribution is -0.0933. The number of fused-ring (bicyclic) bond motifs is 1. The maximum atomic E-state index is 12.4. The SMILES string of the molecule is CN(CC1COCCO1)C(=O)c1ccc2nccn2c1. The summed E-state index contributed by atoms with van der Waals surface area (Å²) in [6.07, 6.45) is 5.28. The topological polar surface area (TPSA) is 56.1 Å². The third-order valence-electron chi connectivity index (χ3n) is 3.34. The Balaban J connectivity index is 1.70. The molecule has 0 saturated carbocycles. The van der Waals surface area contributed by atoms with Crippen molar-refractivity contribution in [1.82, 2.24) is 14.3 Å². The molecule has 0 radical (unpaired) electrons. The van der Waals surface area contributed by atoms with Gasteiger partial charge in [-0.15, -0.1) is 0 Å². The fraction of sp³-hybridized carbons (Fsp3) is 0.429. The molecule has 3 rings (SSSR count). The van der Waals surface area contributed by atoms with Crippen molar-refractivity contribution in [2.24, 2.45) is 0 Å². The molecule has 1 aliphatic rings. The molecular formula is C14H17N3O3. The lowest BCUT2D eigenvalue weighted by atomic mass is 10.2. The zero-order chi connectivity index (χ0) is 13.9. The van der Waals surface area contributed by atoms with Gasteiger partial charge >= 0.3 is 0 Å². The van der Waals surface area contributed by atoms with E-state index in [4.69, 9.17) is 9.47 Å². The van der Waals surface area contributed by atoms with Crippen LogP contribution >= 0.6 is 0 Å². The van der Waals surface area contributed by atoms with Crippen molar-refractivity contribution in [1.29, 1.82) is 0 Å². The molecule has 1 amide bonds. The Labute approximate surface area is 116 Å². The number of carbonyl (C=O) groups is 1. The van der Waals surface area contributed by atoms with Gasteiger partial charge in [0.1, 0.15) is 5.65 Å². The van der Waals surface area contributed by atoms with E-state index in [0.717, 1.165) is 5.65 Å². The number of imidazole rings is 1. The van der Waals surface area contributed by atoms with Crippen LogP contribution in [-0.2, 0) is 9.47 Å². The molecule has 0 aliphatic carbocycles. The van der Waals surface area contributed by atoms with Gasteiger partial charge in [-0.2, -0.15) is 0 Å². The van der Waals surface area contributed by atoms with Crippen molar-refractivity contribution >= 4 is 11.6 Å². The van der Waals surface area contributed by atoms with E-state index in [1.165, 1.54) is 0 Å². The number of ether oxygens (including phenoxy) is 2. The maximum absolute atomic E-state index is 12.4. The number of pyridine rings is 1. The first-order chi connectivity index (χ1) is 9.74. The lowest BCUT2D eigenvalue weighted by Gasteiger charge is -2.27. The third-order valence-corrected chi connectivity index (χ3v) is 3.34. The second-order valence-electron chi connectivity index (χ2n) is 4.86. The van der Waals surface area contributed by atoms with Crippen LogP contribution in [0.1, 0.15) is 10.4 Å². The normalized spacial score (nSPS) is 19.1. The van der Waals surface area contributed by atoms with Crippen LogP contribution in [0.5, 0.6) is 0 Å². The predicted molar refractivity (Wildman–Crippen MR) is 72.7 cm³/mol. The van der Waals surface area contributed by atoms with Crippen LogP contribution < -0.4 is 0 Å². The fourth-order valence-electron chi connectivity index (χ4n) is 2.30. The second kappa shape index (κ2) is 5.60. The summed E-state index contributed by atoms with van der Waals surface area (Å²) < 4.78 is 12.7. The summed E-state index contributed by atoms with van der Waals surface area (Å²) in [6.45, 7) is 2.29. The molecule has 1 aliphatic heterocycles. The Morgan fingerprint density at radius 1 is 1.50 bits per heavy atom. The van der Waals surface area contributed by atoms with Crippen molar-refractivity contribution in [2.45, 2.75) is 6.10 Å². The molecule has 1 atom stereocenters. The van der Waals surface area contributed by atoms with Crippen LogP contribution in [0.15, 0.2) is 30.7 Å². The molecule has 0 aromatic carbocycles. The molecule has 6 heteroatoms. The number of hydrogen-bond donors (Lipinski definition) is 0. The van der Waals surface area contributed by atoms with Gasteiger partial charge in [-0.1, -0.05) is 0 Å². The zero-order valence-corrected chi connectivity index (χ0v) is 11.4. The Bertz CT molecular complexity index is 604. The molecule has 20 heavy (non-hydrogen) atoms. The van der Waals surface area contributed by atoms with Crippen molar-refractivity contribution in [3.05, 3.63) is 36.3 Å². The molecule has 2 aromatic heterocycles. The smallest absolute Gasteiger partial charge is 0.255 e. The molecule has 0 bridgehead atoms. The van der Waals surface area contributed by atoms with Crippen molar-refractivity contribution in [3.63, 3.8) is 0 Å². The summed E-state index contributed by atoms with van der Waals surface area (Å²) in [4.78, 5) is 18.2. The molecule has 0 N–H and O–H groups in total. The molecule has 6 nitrogen and oxygen atoms in total. The van der Waals surface area contributed by atoms with E-state index in [-0.39, 0.29) is 12.0 Å². The summed E-state index contributed by atoms with van der Waals surface area (Å²) in [7, 11) is 1.78. The Morgan fingerprint density at radius 3 is 3.20 bits per heavy atom. The molecule has 2 aromatic rings. The molecule has 1 saturated heterocycles. The molecule has 0 spiro atoms. The highest BCUT2D eigenvalue weighted by Crippen LogP contribution is 2.09.